The second kappa shape index (κ2) is 14.5. The minimum absolute atomic E-state index is 0.145. The molecule has 0 unspecified atom stereocenters. The predicted octanol–water partition coefficient (Wildman–Crippen LogP) is 4.81. The summed E-state index contributed by atoms with van der Waals surface area (Å²) >= 11 is 1.12. The molecule has 3 aromatic rings. The molecule has 1 fully saturated rings. The Balaban J connectivity index is 2.00. The minimum Gasteiger partial charge on any atom is -0.496 e. The number of ether oxygens (including phenoxy) is 2. The molecular weight excluding hydrogens is 615 g/mol. The van der Waals surface area contributed by atoms with Crippen molar-refractivity contribution in [1.82, 2.24) is 14.0 Å². The van der Waals surface area contributed by atoms with Crippen molar-refractivity contribution < 1.29 is 23.5 Å². The molecule has 1 amide bonds. The minimum atomic E-state index is -1.14. The van der Waals surface area contributed by atoms with E-state index in [9.17, 15) is 23.6 Å². The Hall–Kier alpha value is -4.17. The number of hydrogen-bond acceptors (Lipinski definition) is 10. The van der Waals surface area contributed by atoms with Gasteiger partial charge in [0.25, 0.3) is 5.56 Å². The Morgan fingerprint density at radius 1 is 1.22 bits per heavy atom. The maximum Gasteiger partial charge on any atom is 0.332 e. The molecule has 248 valence electrons. The Morgan fingerprint density at radius 3 is 2.48 bits per heavy atom. The first-order valence-electron chi connectivity index (χ1n) is 15.2. The van der Waals surface area contributed by atoms with Crippen LogP contribution in [-0.4, -0.2) is 65.0 Å². The van der Waals surface area contributed by atoms with Crippen LogP contribution < -0.4 is 21.1 Å². The number of likely N-dealkylation sites (N-methyl/N-ethyl adjacent to an activating group) is 1. The molecule has 0 N–H and O–H groups in total. The SMILES string of the molecule is C=NN(/N=C\C)c1sc2c(c1C)c(=O)n([C@H](C)C(=O)N(C)C(C)C)c(=O)n2C[C@H](OC1CCC(=O)CC1)c1cc(F)ccc1OC. The van der Waals surface area contributed by atoms with Crippen LogP contribution in [0.1, 0.15) is 76.7 Å². The molecule has 4 rings (SSSR count). The van der Waals surface area contributed by atoms with Crippen molar-refractivity contribution in [2.45, 2.75) is 91.1 Å². The van der Waals surface area contributed by atoms with Gasteiger partial charge in [0.2, 0.25) is 5.91 Å². The highest BCUT2D eigenvalue weighted by Gasteiger charge is 2.32. The lowest BCUT2D eigenvalue weighted by molar-refractivity contribution is -0.134. The van der Waals surface area contributed by atoms with E-state index in [0.29, 0.717) is 52.4 Å². The molecule has 0 saturated heterocycles. The van der Waals surface area contributed by atoms with E-state index < -0.39 is 35.1 Å². The Bertz CT molecular complexity index is 1770. The highest BCUT2D eigenvalue weighted by molar-refractivity contribution is 7.22. The second-order valence-electron chi connectivity index (χ2n) is 11.6. The van der Waals surface area contributed by atoms with E-state index >= 15 is 0 Å². The van der Waals surface area contributed by atoms with Crippen molar-refractivity contribution in [3.8, 4) is 5.75 Å². The van der Waals surface area contributed by atoms with Gasteiger partial charge in [0.1, 0.15) is 39.3 Å². The Kier molecular flexibility index (Phi) is 10.9. The molecule has 1 aromatic carbocycles. The van der Waals surface area contributed by atoms with E-state index in [1.165, 1.54) is 53.0 Å². The maximum absolute atomic E-state index is 14.7. The van der Waals surface area contributed by atoms with Gasteiger partial charge in [0.15, 0.2) is 0 Å². The zero-order valence-electron chi connectivity index (χ0n) is 27.3. The summed E-state index contributed by atoms with van der Waals surface area (Å²) in [6.45, 7) is 12.0. The zero-order chi connectivity index (χ0) is 33.9. The number of anilines is 1. The van der Waals surface area contributed by atoms with E-state index in [2.05, 4.69) is 16.9 Å². The third-order valence-corrected chi connectivity index (χ3v) is 9.64. The lowest BCUT2D eigenvalue weighted by atomic mass is 9.96. The van der Waals surface area contributed by atoms with Gasteiger partial charge in [-0.1, -0.05) is 11.3 Å². The van der Waals surface area contributed by atoms with Crippen LogP contribution in [0.4, 0.5) is 9.39 Å². The normalized spacial score (nSPS) is 15.5. The van der Waals surface area contributed by atoms with Crippen LogP contribution in [0, 0.1) is 12.7 Å². The molecular formula is C32H41FN6O6S. The zero-order valence-corrected chi connectivity index (χ0v) is 28.1. The van der Waals surface area contributed by atoms with Gasteiger partial charge in [-0.15, -0.1) is 5.12 Å². The van der Waals surface area contributed by atoms with Crippen LogP contribution in [0.5, 0.6) is 5.75 Å². The lowest BCUT2D eigenvalue weighted by Gasteiger charge is -2.29. The highest BCUT2D eigenvalue weighted by Crippen LogP contribution is 2.38. The average molecular weight is 657 g/mol. The van der Waals surface area contributed by atoms with Gasteiger partial charge in [-0.05, 0) is 65.7 Å². The number of carbonyl (C=O) groups is 2. The number of aryl methyl sites for hydroxylation is 1. The molecule has 14 heteroatoms. The number of carbonyl (C=O) groups excluding carboxylic acids is 2. The summed E-state index contributed by atoms with van der Waals surface area (Å²) in [5, 5.41) is 10.1. The van der Waals surface area contributed by atoms with Gasteiger partial charge in [-0.25, -0.2) is 13.8 Å². The van der Waals surface area contributed by atoms with Crippen LogP contribution in [0.25, 0.3) is 10.2 Å². The van der Waals surface area contributed by atoms with Crippen molar-refractivity contribution in [1.29, 1.82) is 0 Å². The molecule has 1 aliphatic rings. The summed E-state index contributed by atoms with van der Waals surface area (Å²) in [5.41, 5.74) is -0.512. The second-order valence-corrected chi connectivity index (χ2v) is 12.5. The molecule has 12 nitrogen and oxygen atoms in total. The number of methoxy groups -OCH3 is 1. The number of hydrogen-bond donors (Lipinski definition) is 0. The summed E-state index contributed by atoms with van der Waals surface area (Å²) < 4.78 is 29.2. The predicted molar refractivity (Wildman–Crippen MR) is 178 cm³/mol. The molecule has 0 aliphatic heterocycles. The van der Waals surface area contributed by atoms with Crippen LogP contribution in [0.2, 0.25) is 0 Å². The number of rotatable bonds is 12. The van der Waals surface area contributed by atoms with Gasteiger partial charge in [-0.2, -0.15) is 10.2 Å². The third kappa shape index (κ3) is 6.82. The van der Waals surface area contributed by atoms with Crippen molar-refractivity contribution in [3.63, 3.8) is 0 Å². The largest absolute Gasteiger partial charge is 0.496 e. The molecule has 1 saturated carbocycles. The molecule has 0 bridgehead atoms. The summed E-state index contributed by atoms with van der Waals surface area (Å²) in [5.74, 6) is -0.447. The van der Waals surface area contributed by atoms with Gasteiger partial charge in [-0.3, -0.25) is 19.0 Å². The number of Topliss-reactive ketones (excluding diaryl/α,β-unsaturated/α-hetero) is 1. The summed E-state index contributed by atoms with van der Waals surface area (Å²) in [7, 11) is 3.07. The summed E-state index contributed by atoms with van der Waals surface area (Å²) in [6, 6.07) is 2.73. The lowest BCUT2D eigenvalue weighted by Crippen LogP contribution is -2.48. The third-order valence-electron chi connectivity index (χ3n) is 8.36. The number of amides is 1. The molecule has 0 spiro atoms. The molecule has 1 aliphatic carbocycles. The topological polar surface area (TPSA) is 128 Å². The van der Waals surface area contributed by atoms with Gasteiger partial charge < -0.3 is 14.4 Å². The number of fused-ring (bicyclic) bond motifs is 1. The quantitative estimate of drug-likeness (QED) is 0.202. The smallest absolute Gasteiger partial charge is 0.332 e. The Labute approximate surface area is 270 Å². The fraction of sp³-hybridized carbons (Fsp3) is 0.500. The van der Waals surface area contributed by atoms with Crippen molar-refractivity contribution in [2.24, 2.45) is 10.2 Å². The van der Waals surface area contributed by atoms with E-state index in [1.54, 1.807) is 20.9 Å². The van der Waals surface area contributed by atoms with Crippen molar-refractivity contribution in [3.05, 3.63) is 56.0 Å². The number of hydrazone groups is 2. The number of ketones is 1. The molecule has 2 aromatic heterocycles. The summed E-state index contributed by atoms with van der Waals surface area (Å²) in [4.78, 5) is 55.8. The van der Waals surface area contributed by atoms with Crippen LogP contribution >= 0.6 is 11.3 Å². The standard InChI is InChI=1S/C32H41FN6O6S/c1-9-35-39(34-6)30-19(4)27-29(42)38(20(5)28(41)36(7)18(2)3)32(43)37(31(27)46-30)17-26(45-23-13-11-22(40)12-14-23)24-16-21(33)10-15-25(24)44-8/h9-10,15-16,18,20,23,26H,6,11-14,17H2,1-5,7-8H3/b35-9-/t20-,26+/m1/s1. The van der Waals surface area contributed by atoms with Gasteiger partial charge in [0.05, 0.1) is 25.1 Å². The van der Waals surface area contributed by atoms with Crippen LogP contribution in [-0.2, 0) is 20.9 Å². The monoisotopic (exact) mass is 656 g/mol. The Morgan fingerprint density at radius 2 is 1.89 bits per heavy atom. The molecule has 46 heavy (non-hydrogen) atoms. The molecule has 0 radical (unpaired) electrons. The van der Waals surface area contributed by atoms with E-state index in [1.807, 2.05) is 13.8 Å². The average Bonchev–Trinajstić information content (AvgIpc) is 3.37. The maximum atomic E-state index is 14.7. The number of nitrogens with zero attached hydrogens (tertiary/aromatic N) is 6. The number of thiophene rings is 1. The number of benzene rings is 1. The van der Waals surface area contributed by atoms with Crippen molar-refractivity contribution >= 4 is 51.2 Å². The first-order chi connectivity index (χ1) is 21.8. The first-order valence-corrected chi connectivity index (χ1v) is 16.0. The van der Waals surface area contributed by atoms with Crippen molar-refractivity contribution in [2.75, 3.05) is 19.3 Å². The first kappa shape index (κ1) is 34.7. The number of aromatic nitrogens is 2. The van der Waals surface area contributed by atoms with E-state index in [4.69, 9.17) is 9.47 Å². The highest BCUT2D eigenvalue weighted by atomic mass is 32.1. The summed E-state index contributed by atoms with van der Waals surface area (Å²) in [6.07, 6.45) is 1.90. The molecule has 2 heterocycles. The fourth-order valence-corrected chi connectivity index (χ4v) is 6.82. The van der Waals surface area contributed by atoms with E-state index in [-0.39, 0.29) is 29.9 Å². The van der Waals surface area contributed by atoms with Gasteiger partial charge in [0, 0.05) is 50.0 Å². The number of halogens is 1. The van der Waals surface area contributed by atoms with Crippen LogP contribution in [0.15, 0.2) is 38.0 Å². The van der Waals surface area contributed by atoms with Crippen LogP contribution in [0.3, 0.4) is 0 Å². The van der Waals surface area contributed by atoms with Gasteiger partial charge >= 0.3 is 5.69 Å². The fourth-order valence-electron chi connectivity index (χ4n) is 5.59. The van der Waals surface area contributed by atoms with E-state index in [0.717, 1.165) is 15.9 Å². The molecule has 2 atom stereocenters.